The maximum atomic E-state index is 12.1. The standard InChI is InChI=1S/C20H19ClN4O2S/c1-10-11(2)28-20-17(10)18(13-5-7-14(21)8-6-13)22-15(9-16(26)27-4)19-24-23-12(3)25(19)20/h5-8,15H,9H2,1-4H3/t15-/m1/s1. The number of aromatic nitrogens is 3. The second kappa shape index (κ2) is 7.14. The Labute approximate surface area is 171 Å². The van der Waals surface area contributed by atoms with Crippen molar-refractivity contribution in [3.8, 4) is 5.00 Å². The number of benzene rings is 1. The van der Waals surface area contributed by atoms with Crippen molar-refractivity contribution in [2.45, 2.75) is 33.2 Å². The van der Waals surface area contributed by atoms with E-state index in [-0.39, 0.29) is 12.4 Å². The second-order valence-corrected chi connectivity index (χ2v) is 8.32. The summed E-state index contributed by atoms with van der Waals surface area (Å²) in [5.74, 6) is 1.07. The zero-order valence-corrected chi connectivity index (χ0v) is 17.6. The number of aliphatic imine (C=N–C) groups is 1. The first kappa shape index (κ1) is 18.8. The minimum Gasteiger partial charge on any atom is -0.469 e. The quantitative estimate of drug-likeness (QED) is 0.597. The number of hydrogen-bond donors (Lipinski definition) is 0. The van der Waals surface area contributed by atoms with Crippen LogP contribution in [0.5, 0.6) is 0 Å². The molecule has 0 spiro atoms. The molecule has 0 radical (unpaired) electrons. The second-order valence-electron chi connectivity index (χ2n) is 6.68. The highest BCUT2D eigenvalue weighted by Crippen LogP contribution is 2.39. The smallest absolute Gasteiger partial charge is 0.308 e. The number of rotatable bonds is 3. The highest BCUT2D eigenvalue weighted by molar-refractivity contribution is 7.15. The summed E-state index contributed by atoms with van der Waals surface area (Å²) in [5.41, 5.74) is 3.97. The third-order valence-corrected chi connectivity index (χ3v) is 6.39. The number of nitrogens with zero attached hydrogens (tertiary/aromatic N) is 4. The van der Waals surface area contributed by atoms with Crippen molar-refractivity contribution in [1.82, 2.24) is 14.8 Å². The first-order chi connectivity index (χ1) is 13.4. The molecule has 8 heteroatoms. The van der Waals surface area contributed by atoms with Gasteiger partial charge in [-0.05, 0) is 38.5 Å². The molecule has 3 heterocycles. The molecule has 4 rings (SSSR count). The number of halogens is 1. The molecule has 6 nitrogen and oxygen atoms in total. The molecule has 1 aliphatic rings. The monoisotopic (exact) mass is 414 g/mol. The van der Waals surface area contributed by atoms with E-state index in [4.69, 9.17) is 21.3 Å². The lowest BCUT2D eigenvalue weighted by Crippen LogP contribution is -2.12. The summed E-state index contributed by atoms with van der Waals surface area (Å²) in [4.78, 5) is 18.3. The molecule has 0 N–H and O–H groups in total. The van der Waals surface area contributed by atoms with Crippen molar-refractivity contribution < 1.29 is 9.53 Å². The van der Waals surface area contributed by atoms with E-state index in [1.807, 2.05) is 35.8 Å². The third kappa shape index (κ3) is 3.04. The molecular formula is C20H19ClN4O2S. The van der Waals surface area contributed by atoms with Gasteiger partial charge in [0.15, 0.2) is 5.82 Å². The Morgan fingerprint density at radius 3 is 2.61 bits per heavy atom. The van der Waals surface area contributed by atoms with E-state index in [1.54, 1.807) is 11.3 Å². The largest absolute Gasteiger partial charge is 0.469 e. The number of thiophene rings is 1. The molecule has 0 saturated heterocycles. The summed E-state index contributed by atoms with van der Waals surface area (Å²) in [6.45, 7) is 6.10. The molecule has 0 aliphatic carbocycles. The molecule has 0 unspecified atom stereocenters. The molecule has 144 valence electrons. The lowest BCUT2D eigenvalue weighted by Gasteiger charge is -2.11. The molecular weight excluding hydrogens is 396 g/mol. The van der Waals surface area contributed by atoms with Crippen LogP contribution >= 0.6 is 22.9 Å². The van der Waals surface area contributed by atoms with Crippen LogP contribution in [-0.4, -0.2) is 33.6 Å². The van der Waals surface area contributed by atoms with Gasteiger partial charge in [0.05, 0.1) is 19.2 Å². The third-order valence-electron chi connectivity index (χ3n) is 4.94. The highest BCUT2D eigenvalue weighted by atomic mass is 35.5. The summed E-state index contributed by atoms with van der Waals surface area (Å²) in [6.07, 6.45) is 0.0959. The Morgan fingerprint density at radius 2 is 1.93 bits per heavy atom. The summed E-state index contributed by atoms with van der Waals surface area (Å²) in [7, 11) is 1.38. The fourth-order valence-corrected chi connectivity index (χ4v) is 4.71. The minimum atomic E-state index is -0.487. The molecule has 1 atom stereocenters. The SMILES string of the molecule is COC(=O)C[C@H]1N=C(c2ccc(Cl)cc2)c2c(sc(C)c2C)-n2c(C)nnc21. The molecule has 0 fully saturated rings. The van der Waals surface area contributed by atoms with Gasteiger partial charge >= 0.3 is 5.97 Å². The van der Waals surface area contributed by atoms with Gasteiger partial charge in [-0.1, -0.05) is 23.7 Å². The van der Waals surface area contributed by atoms with Gasteiger partial charge in [-0.3, -0.25) is 14.4 Å². The first-order valence-electron chi connectivity index (χ1n) is 8.84. The Morgan fingerprint density at radius 1 is 1.21 bits per heavy atom. The van der Waals surface area contributed by atoms with Crippen LogP contribution in [0.15, 0.2) is 29.3 Å². The van der Waals surface area contributed by atoms with Gasteiger partial charge in [0.25, 0.3) is 0 Å². The predicted molar refractivity (Wildman–Crippen MR) is 110 cm³/mol. The molecule has 0 amide bonds. The number of ether oxygens (including phenoxy) is 1. The fourth-order valence-electron chi connectivity index (χ4n) is 3.37. The highest BCUT2D eigenvalue weighted by Gasteiger charge is 2.32. The van der Waals surface area contributed by atoms with Gasteiger partial charge in [-0.2, -0.15) is 0 Å². The normalized spacial score (nSPS) is 15.5. The van der Waals surface area contributed by atoms with E-state index in [1.165, 1.54) is 12.0 Å². The van der Waals surface area contributed by atoms with Gasteiger partial charge in [0, 0.05) is 21.0 Å². The lowest BCUT2D eigenvalue weighted by molar-refractivity contribution is -0.141. The first-order valence-corrected chi connectivity index (χ1v) is 10.0. The van der Waals surface area contributed by atoms with Crippen LogP contribution < -0.4 is 0 Å². The maximum Gasteiger partial charge on any atom is 0.308 e. The lowest BCUT2D eigenvalue weighted by atomic mass is 9.99. The summed E-state index contributed by atoms with van der Waals surface area (Å²) >= 11 is 7.77. The van der Waals surface area contributed by atoms with Crippen LogP contribution in [0.3, 0.4) is 0 Å². The van der Waals surface area contributed by atoms with E-state index in [0.29, 0.717) is 10.8 Å². The molecule has 0 saturated carbocycles. The van der Waals surface area contributed by atoms with Gasteiger partial charge in [0.2, 0.25) is 0 Å². The van der Waals surface area contributed by atoms with Gasteiger partial charge < -0.3 is 4.74 Å². The number of carbonyl (C=O) groups excluding carboxylic acids is 1. The Kier molecular flexibility index (Phi) is 4.81. The van der Waals surface area contributed by atoms with Crippen molar-refractivity contribution in [2.24, 2.45) is 4.99 Å². The van der Waals surface area contributed by atoms with Crippen LogP contribution in [0.1, 0.15) is 45.7 Å². The molecule has 0 bridgehead atoms. The molecule has 28 heavy (non-hydrogen) atoms. The van der Waals surface area contributed by atoms with E-state index in [0.717, 1.165) is 33.2 Å². The van der Waals surface area contributed by atoms with E-state index in [2.05, 4.69) is 24.0 Å². The average molecular weight is 415 g/mol. The average Bonchev–Trinajstić information content (AvgIpc) is 3.15. The topological polar surface area (TPSA) is 69.4 Å². The van der Waals surface area contributed by atoms with Crippen LogP contribution in [-0.2, 0) is 9.53 Å². The van der Waals surface area contributed by atoms with Gasteiger partial charge in [-0.25, -0.2) is 0 Å². The van der Waals surface area contributed by atoms with Crippen molar-refractivity contribution in [3.05, 3.63) is 62.5 Å². The van der Waals surface area contributed by atoms with Crippen LogP contribution in [0, 0.1) is 20.8 Å². The minimum absolute atomic E-state index is 0.0959. The number of methoxy groups -OCH3 is 1. The van der Waals surface area contributed by atoms with E-state index < -0.39 is 6.04 Å². The molecule has 3 aromatic rings. The zero-order valence-electron chi connectivity index (χ0n) is 16.0. The summed E-state index contributed by atoms with van der Waals surface area (Å²) < 4.78 is 6.91. The van der Waals surface area contributed by atoms with Gasteiger partial charge in [0.1, 0.15) is 16.9 Å². The summed E-state index contributed by atoms with van der Waals surface area (Å²) in [5, 5.41) is 10.3. The van der Waals surface area contributed by atoms with Crippen molar-refractivity contribution >= 4 is 34.6 Å². The van der Waals surface area contributed by atoms with Crippen LogP contribution in [0.2, 0.25) is 5.02 Å². The van der Waals surface area contributed by atoms with Crippen LogP contribution in [0.25, 0.3) is 5.00 Å². The van der Waals surface area contributed by atoms with E-state index >= 15 is 0 Å². The predicted octanol–water partition coefficient (Wildman–Crippen LogP) is 4.36. The number of aryl methyl sites for hydroxylation is 2. The number of fused-ring (bicyclic) bond motifs is 3. The Bertz CT molecular complexity index is 1100. The van der Waals surface area contributed by atoms with Crippen molar-refractivity contribution in [3.63, 3.8) is 0 Å². The number of esters is 1. The molecule has 1 aliphatic heterocycles. The zero-order chi connectivity index (χ0) is 20.0. The maximum absolute atomic E-state index is 12.1. The molecule has 2 aromatic heterocycles. The van der Waals surface area contributed by atoms with E-state index in [9.17, 15) is 4.79 Å². The Hall–Kier alpha value is -2.51. The summed E-state index contributed by atoms with van der Waals surface area (Å²) in [6, 6.07) is 7.11. The molecule has 1 aromatic carbocycles. The Balaban J connectivity index is 2.01. The van der Waals surface area contributed by atoms with Crippen molar-refractivity contribution in [1.29, 1.82) is 0 Å². The van der Waals surface area contributed by atoms with Crippen LogP contribution in [0.4, 0.5) is 0 Å². The van der Waals surface area contributed by atoms with Gasteiger partial charge in [-0.15, -0.1) is 21.5 Å². The number of carbonyl (C=O) groups is 1. The fraction of sp³-hybridized carbons (Fsp3) is 0.300. The van der Waals surface area contributed by atoms with Crippen molar-refractivity contribution in [2.75, 3.05) is 7.11 Å². The number of hydrogen-bond acceptors (Lipinski definition) is 6.